The average Bonchev–Trinajstić information content (AvgIpc) is 2.84. The van der Waals surface area contributed by atoms with E-state index in [-0.39, 0.29) is 0 Å². The first-order valence-corrected chi connectivity index (χ1v) is 14.2. The van der Waals surface area contributed by atoms with E-state index in [0.29, 0.717) is 11.3 Å². The van der Waals surface area contributed by atoms with Crippen LogP contribution in [-0.4, -0.2) is 6.61 Å². The van der Waals surface area contributed by atoms with E-state index < -0.39 is 0 Å². The first kappa shape index (κ1) is 25.4. The molecule has 0 spiro atoms. The summed E-state index contributed by atoms with van der Waals surface area (Å²) in [5.74, 6) is 1.73. The molecule has 0 aliphatic heterocycles. The standard InChI is InChI=1S/C31H50O/c1-3-5-6-13-25-32-30-18-16-28(17-19-30)29(26-27-14-9-7-10-15-27)20-24-31(21-4-2)22-11-8-12-23-31/h14,16-19,29H,3-13,15,20-26H2,1-2H3. The SMILES string of the molecule is CCCCCCOc1ccc(C(CCC2(CCC)CCCCC2)CC2=CCCCC2)cc1. The lowest BCUT2D eigenvalue weighted by Gasteiger charge is -2.38. The Bertz CT molecular complexity index is 644. The van der Waals surface area contributed by atoms with Gasteiger partial charge < -0.3 is 4.74 Å². The molecule has 180 valence electrons. The third kappa shape index (κ3) is 8.27. The lowest BCUT2D eigenvalue weighted by atomic mass is 9.67. The summed E-state index contributed by atoms with van der Waals surface area (Å²) in [7, 11) is 0. The van der Waals surface area contributed by atoms with Gasteiger partial charge in [-0.1, -0.05) is 82.6 Å². The van der Waals surface area contributed by atoms with Crippen LogP contribution in [0, 0.1) is 5.41 Å². The lowest BCUT2D eigenvalue weighted by molar-refractivity contribution is 0.147. The molecule has 0 aromatic heterocycles. The van der Waals surface area contributed by atoms with Crippen molar-refractivity contribution in [2.24, 2.45) is 5.41 Å². The van der Waals surface area contributed by atoms with Crippen LogP contribution in [0.3, 0.4) is 0 Å². The first-order valence-electron chi connectivity index (χ1n) is 14.2. The van der Waals surface area contributed by atoms with Crippen LogP contribution in [0.4, 0.5) is 0 Å². The van der Waals surface area contributed by atoms with Crippen molar-refractivity contribution in [1.29, 1.82) is 0 Å². The number of hydrogen-bond donors (Lipinski definition) is 0. The zero-order chi connectivity index (χ0) is 22.5. The maximum absolute atomic E-state index is 6.03. The highest BCUT2D eigenvalue weighted by molar-refractivity contribution is 5.30. The molecule has 1 heteroatoms. The minimum absolute atomic E-state index is 0.633. The molecule has 0 saturated heterocycles. The molecule has 0 amide bonds. The minimum Gasteiger partial charge on any atom is -0.494 e. The van der Waals surface area contributed by atoms with Crippen LogP contribution in [0.5, 0.6) is 5.75 Å². The van der Waals surface area contributed by atoms with E-state index in [1.165, 1.54) is 121 Å². The van der Waals surface area contributed by atoms with E-state index in [1.807, 2.05) is 0 Å². The summed E-state index contributed by atoms with van der Waals surface area (Å²) in [4.78, 5) is 0. The number of unbranched alkanes of at least 4 members (excludes halogenated alkanes) is 3. The van der Waals surface area contributed by atoms with Crippen molar-refractivity contribution in [1.82, 2.24) is 0 Å². The highest BCUT2D eigenvalue weighted by Crippen LogP contribution is 2.46. The monoisotopic (exact) mass is 438 g/mol. The fraction of sp³-hybridized carbons (Fsp3) is 0.742. The van der Waals surface area contributed by atoms with E-state index in [0.717, 1.165) is 12.4 Å². The van der Waals surface area contributed by atoms with E-state index in [9.17, 15) is 0 Å². The molecular weight excluding hydrogens is 388 g/mol. The summed E-state index contributed by atoms with van der Waals surface area (Å²) < 4.78 is 6.03. The van der Waals surface area contributed by atoms with Gasteiger partial charge in [0.05, 0.1) is 6.61 Å². The quantitative estimate of drug-likeness (QED) is 0.207. The summed E-state index contributed by atoms with van der Waals surface area (Å²) in [6.07, 6.45) is 27.2. The number of ether oxygens (including phenoxy) is 1. The number of allylic oxidation sites excluding steroid dienone is 2. The van der Waals surface area contributed by atoms with E-state index >= 15 is 0 Å². The Labute approximate surface area is 199 Å². The third-order valence-corrected chi connectivity index (χ3v) is 8.23. The molecule has 1 atom stereocenters. The highest BCUT2D eigenvalue weighted by Gasteiger charge is 2.31. The molecular formula is C31H50O. The molecule has 32 heavy (non-hydrogen) atoms. The second-order valence-electron chi connectivity index (χ2n) is 10.8. The Morgan fingerprint density at radius 3 is 2.34 bits per heavy atom. The smallest absolute Gasteiger partial charge is 0.119 e. The van der Waals surface area contributed by atoms with Gasteiger partial charge >= 0.3 is 0 Å². The first-order chi connectivity index (χ1) is 15.7. The van der Waals surface area contributed by atoms with Crippen molar-refractivity contribution in [3.8, 4) is 5.75 Å². The maximum atomic E-state index is 6.03. The largest absolute Gasteiger partial charge is 0.494 e. The van der Waals surface area contributed by atoms with Crippen LogP contribution < -0.4 is 4.74 Å². The summed E-state index contributed by atoms with van der Waals surface area (Å²) in [5, 5.41) is 0. The average molecular weight is 439 g/mol. The van der Waals surface area contributed by atoms with Crippen LogP contribution in [-0.2, 0) is 0 Å². The number of rotatable bonds is 14. The van der Waals surface area contributed by atoms with Crippen LogP contribution in [0.15, 0.2) is 35.9 Å². The highest BCUT2D eigenvalue weighted by atomic mass is 16.5. The molecule has 1 fully saturated rings. The van der Waals surface area contributed by atoms with Crippen LogP contribution in [0.2, 0.25) is 0 Å². The third-order valence-electron chi connectivity index (χ3n) is 8.23. The molecule has 1 aromatic carbocycles. The Morgan fingerprint density at radius 1 is 0.844 bits per heavy atom. The lowest BCUT2D eigenvalue weighted by Crippen LogP contribution is -2.25. The topological polar surface area (TPSA) is 9.23 Å². The van der Waals surface area contributed by atoms with Crippen LogP contribution in [0.25, 0.3) is 0 Å². The zero-order valence-corrected chi connectivity index (χ0v) is 21.3. The second kappa shape index (κ2) is 14.1. The van der Waals surface area contributed by atoms with Gasteiger partial charge in [0.15, 0.2) is 0 Å². The van der Waals surface area contributed by atoms with Gasteiger partial charge in [-0.2, -0.15) is 0 Å². The molecule has 1 nitrogen and oxygen atoms in total. The van der Waals surface area contributed by atoms with Gasteiger partial charge in [0.1, 0.15) is 5.75 Å². The molecule has 0 heterocycles. The van der Waals surface area contributed by atoms with Gasteiger partial charge in [0.25, 0.3) is 0 Å². The molecule has 0 bridgehead atoms. The van der Waals surface area contributed by atoms with Gasteiger partial charge in [-0.3, -0.25) is 0 Å². The fourth-order valence-corrected chi connectivity index (χ4v) is 6.29. The van der Waals surface area contributed by atoms with Crippen molar-refractivity contribution in [3.63, 3.8) is 0 Å². The molecule has 1 aromatic rings. The summed E-state index contributed by atoms with van der Waals surface area (Å²) in [6, 6.07) is 9.23. The zero-order valence-electron chi connectivity index (χ0n) is 21.3. The van der Waals surface area contributed by atoms with Crippen LogP contribution in [0.1, 0.15) is 141 Å². The van der Waals surface area contributed by atoms with E-state index in [1.54, 1.807) is 5.57 Å². The van der Waals surface area contributed by atoms with E-state index in [2.05, 4.69) is 44.2 Å². The van der Waals surface area contributed by atoms with Crippen molar-refractivity contribution in [2.45, 2.75) is 135 Å². The molecule has 1 unspecified atom stereocenters. The molecule has 0 radical (unpaired) electrons. The molecule has 0 N–H and O–H groups in total. The van der Waals surface area contributed by atoms with Gasteiger partial charge in [-0.25, -0.2) is 0 Å². The Morgan fingerprint density at radius 2 is 1.66 bits per heavy atom. The van der Waals surface area contributed by atoms with E-state index in [4.69, 9.17) is 4.74 Å². The second-order valence-corrected chi connectivity index (χ2v) is 10.8. The molecule has 1 saturated carbocycles. The van der Waals surface area contributed by atoms with Gasteiger partial charge in [0, 0.05) is 0 Å². The predicted octanol–water partition coefficient (Wildman–Crippen LogP) is 10.2. The van der Waals surface area contributed by atoms with Crippen LogP contribution >= 0.6 is 0 Å². The van der Waals surface area contributed by atoms with Crippen molar-refractivity contribution in [3.05, 3.63) is 41.5 Å². The molecule has 3 rings (SSSR count). The molecule has 2 aliphatic carbocycles. The number of benzene rings is 1. The summed E-state index contributed by atoms with van der Waals surface area (Å²) >= 11 is 0. The van der Waals surface area contributed by atoms with Crippen molar-refractivity contribution >= 4 is 0 Å². The van der Waals surface area contributed by atoms with Gasteiger partial charge in [-0.05, 0) is 99.7 Å². The van der Waals surface area contributed by atoms with Crippen molar-refractivity contribution in [2.75, 3.05) is 6.61 Å². The maximum Gasteiger partial charge on any atom is 0.119 e. The number of hydrogen-bond acceptors (Lipinski definition) is 1. The Kier molecular flexibility index (Phi) is 11.2. The Hall–Kier alpha value is -1.24. The molecule has 2 aliphatic rings. The fourth-order valence-electron chi connectivity index (χ4n) is 6.29. The van der Waals surface area contributed by atoms with Gasteiger partial charge in [-0.15, -0.1) is 0 Å². The predicted molar refractivity (Wildman–Crippen MR) is 140 cm³/mol. The summed E-state index contributed by atoms with van der Waals surface area (Å²) in [6.45, 7) is 5.51. The normalized spacial score (nSPS) is 19.4. The van der Waals surface area contributed by atoms with Gasteiger partial charge in [0.2, 0.25) is 0 Å². The Balaban J connectivity index is 1.63. The summed E-state index contributed by atoms with van der Waals surface area (Å²) in [5.41, 5.74) is 3.90. The minimum atomic E-state index is 0.633. The van der Waals surface area contributed by atoms with Crippen molar-refractivity contribution < 1.29 is 4.74 Å².